The third-order valence-electron chi connectivity index (χ3n) is 5.27. The van der Waals surface area contributed by atoms with E-state index < -0.39 is 5.97 Å². The quantitative estimate of drug-likeness (QED) is 0.695. The molecular formula is C22H27N2O5+. The molecule has 0 bridgehead atoms. The average Bonchev–Trinajstić information content (AvgIpc) is 3.20. The summed E-state index contributed by atoms with van der Waals surface area (Å²) in [6.07, 6.45) is 2.03. The van der Waals surface area contributed by atoms with Crippen LogP contribution in [0.15, 0.2) is 42.5 Å². The fourth-order valence-corrected chi connectivity index (χ4v) is 3.83. The van der Waals surface area contributed by atoms with Crippen LogP contribution in [0, 0.1) is 0 Å². The van der Waals surface area contributed by atoms with Crippen LogP contribution in [0.5, 0.6) is 11.5 Å². The maximum absolute atomic E-state index is 12.6. The van der Waals surface area contributed by atoms with E-state index in [1.807, 2.05) is 18.2 Å². The van der Waals surface area contributed by atoms with E-state index in [4.69, 9.17) is 9.47 Å². The fraction of sp³-hybridized carbons (Fsp3) is 0.364. The van der Waals surface area contributed by atoms with Crippen molar-refractivity contribution < 1.29 is 28.7 Å². The molecular weight excluding hydrogens is 372 g/mol. The molecule has 1 unspecified atom stereocenters. The molecule has 0 aliphatic carbocycles. The van der Waals surface area contributed by atoms with E-state index in [2.05, 4.69) is 10.1 Å². The SMILES string of the molecule is COC(=O)c1ccc(NC(=O)C[NH+]2CCC[C@@H]2c2cc(OC)ccc2OC)cc1. The van der Waals surface area contributed by atoms with Crippen LogP contribution in [0.4, 0.5) is 5.69 Å². The molecule has 2 N–H and O–H groups in total. The van der Waals surface area contributed by atoms with Crippen molar-refractivity contribution in [3.8, 4) is 11.5 Å². The summed E-state index contributed by atoms with van der Waals surface area (Å²) in [4.78, 5) is 25.3. The van der Waals surface area contributed by atoms with Gasteiger partial charge in [0.25, 0.3) is 5.91 Å². The maximum atomic E-state index is 12.6. The standard InChI is InChI=1S/C22H26N2O5/c1-27-17-10-11-20(28-2)18(13-17)19-5-4-12-24(19)14-21(25)23-16-8-6-15(7-9-16)22(26)29-3/h6-11,13,19H,4-5,12,14H2,1-3H3,(H,23,25)/p+1/t19-/m1/s1. The van der Waals surface area contributed by atoms with Crippen LogP contribution in [0.1, 0.15) is 34.8 Å². The Balaban J connectivity index is 1.68. The molecule has 2 aromatic rings. The van der Waals surface area contributed by atoms with Gasteiger partial charge in [-0.15, -0.1) is 0 Å². The zero-order valence-corrected chi connectivity index (χ0v) is 17.0. The topological polar surface area (TPSA) is 78.3 Å². The minimum absolute atomic E-state index is 0.0698. The Hall–Kier alpha value is -3.06. The van der Waals surface area contributed by atoms with Gasteiger partial charge >= 0.3 is 5.97 Å². The van der Waals surface area contributed by atoms with Gasteiger partial charge in [0.1, 0.15) is 17.5 Å². The summed E-state index contributed by atoms with van der Waals surface area (Å²) in [5, 5.41) is 2.91. The normalized spacial score (nSPS) is 18.2. The van der Waals surface area contributed by atoms with Gasteiger partial charge in [0.15, 0.2) is 6.54 Å². The molecule has 1 amide bonds. The third kappa shape index (κ3) is 4.86. The number of amides is 1. The number of nitrogens with one attached hydrogen (secondary N) is 2. The molecule has 29 heavy (non-hydrogen) atoms. The van der Waals surface area contributed by atoms with Crippen LogP contribution in [0.25, 0.3) is 0 Å². The second kappa shape index (κ2) is 9.43. The van der Waals surface area contributed by atoms with E-state index in [0.29, 0.717) is 17.8 Å². The molecule has 1 aliphatic heterocycles. The van der Waals surface area contributed by atoms with Crippen molar-refractivity contribution in [1.29, 1.82) is 0 Å². The van der Waals surface area contributed by atoms with Crippen LogP contribution in [-0.2, 0) is 9.53 Å². The first-order valence-corrected chi connectivity index (χ1v) is 9.60. The van der Waals surface area contributed by atoms with E-state index in [9.17, 15) is 9.59 Å². The van der Waals surface area contributed by atoms with Crippen LogP contribution in [0.3, 0.4) is 0 Å². The Morgan fingerprint density at radius 1 is 1.07 bits per heavy atom. The third-order valence-corrected chi connectivity index (χ3v) is 5.27. The number of esters is 1. The highest BCUT2D eigenvalue weighted by molar-refractivity contribution is 5.93. The highest BCUT2D eigenvalue weighted by Gasteiger charge is 2.34. The van der Waals surface area contributed by atoms with Crippen molar-refractivity contribution in [1.82, 2.24) is 0 Å². The molecule has 154 valence electrons. The van der Waals surface area contributed by atoms with Gasteiger partial charge in [-0.25, -0.2) is 4.79 Å². The van der Waals surface area contributed by atoms with E-state index in [-0.39, 0.29) is 11.9 Å². The van der Waals surface area contributed by atoms with Crippen molar-refractivity contribution in [2.45, 2.75) is 18.9 Å². The number of carbonyl (C=O) groups excluding carboxylic acids is 2. The van der Waals surface area contributed by atoms with Crippen molar-refractivity contribution >= 4 is 17.6 Å². The summed E-state index contributed by atoms with van der Waals surface area (Å²) in [5.74, 6) is 1.12. The van der Waals surface area contributed by atoms with Crippen LogP contribution in [0.2, 0.25) is 0 Å². The van der Waals surface area contributed by atoms with Gasteiger partial charge in [-0.05, 0) is 42.5 Å². The zero-order chi connectivity index (χ0) is 20.8. The van der Waals surface area contributed by atoms with Gasteiger partial charge in [0.2, 0.25) is 0 Å². The number of quaternary nitrogens is 1. The number of hydrogen-bond acceptors (Lipinski definition) is 5. The lowest BCUT2D eigenvalue weighted by atomic mass is 10.0. The van der Waals surface area contributed by atoms with Crippen molar-refractivity contribution in [2.75, 3.05) is 39.7 Å². The zero-order valence-electron chi connectivity index (χ0n) is 17.0. The molecule has 1 aliphatic rings. The Bertz CT molecular complexity index is 866. The lowest BCUT2D eigenvalue weighted by Gasteiger charge is -2.23. The van der Waals surface area contributed by atoms with Gasteiger partial charge in [0.05, 0.1) is 39.0 Å². The number of rotatable bonds is 7. The van der Waals surface area contributed by atoms with Gasteiger partial charge in [0, 0.05) is 18.5 Å². The Morgan fingerprint density at radius 2 is 1.83 bits per heavy atom. The number of benzene rings is 2. The molecule has 0 radical (unpaired) electrons. The second-order valence-corrected chi connectivity index (χ2v) is 7.00. The van der Waals surface area contributed by atoms with Crippen molar-refractivity contribution in [3.05, 3.63) is 53.6 Å². The fourth-order valence-electron chi connectivity index (χ4n) is 3.83. The summed E-state index contributed by atoms with van der Waals surface area (Å²) in [6, 6.07) is 12.6. The van der Waals surface area contributed by atoms with Crippen molar-refractivity contribution in [3.63, 3.8) is 0 Å². The first-order valence-electron chi connectivity index (χ1n) is 9.60. The average molecular weight is 399 g/mol. The first-order chi connectivity index (χ1) is 14.0. The summed E-state index contributed by atoms with van der Waals surface area (Å²) in [7, 11) is 4.64. The molecule has 0 saturated carbocycles. The van der Waals surface area contributed by atoms with Gasteiger partial charge in [-0.2, -0.15) is 0 Å². The molecule has 1 heterocycles. The number of hydrogen-bond donors (Lipinski definition) is 2. The molecule has 2 aromatic carbocycles. The molecule has 0 aromatic heterocycles. The smallest absolute Gasteiger partial charge is 0.337 e. The summed E-state index contributed by atoms with van der Waals surface area (Å²) in [6.45, 7) is 1.27. The second-order valence-electron chi connectivity index (χ2n) is 7.00. The number of anilines is 1. The largest absolute Gasteiger partial charge is 0.497 e. The Labute approximate surface area is 170 Å². The maximum Gasteiger partial charge on any atom is 0.337 e. The molecule has 0 spiro atoms. The number of methoxy groups -OCH3 is 3. The molecule has 1 saturated heterocycles. The first kappa shape index (κ1) is 20.7. The van der Waals surface area contributed by atoms with Crippen LogP contribution < -0.4 is 19.7 Å². The van der Waals surface area contributed by atoms with Gasteiger partial charge in [-0.3, -0.25) is 4.79 Å². The van der Waals surface area contributed by atoms with E-state index in [1.54, 1.807) is 38.5 Å². The number of ether oxygens (including phenoxy) is 3. The van der Waals surface area contributed by atoms with E-state index in [1.165, 1.54) is 12.0 Å². The van der Waals surface area contributed by atoms with Gasteiger partial charge < -0.3 is 24.4 Å². The summed E-state index contributed by atoms with van der Waals surface area (Å²) < 4.78 is 15.6. The highest BCUT2D eigenvalue weighted by Crippen LogP contribution is 2.31. The van der Waals surface area contributed by atoms with Gasteiger partial charge in [-0.1, -0.05) is 0 Å². The highest BCUT2D eigenvalue weighted by atomic mass is 16.5. The number of likely N-dealkylation sites (tertiary alicyclic amines) is 1. The number of carbonyl (C=O) groups is 2. The molecule has 7 nitrogen and oxygen atoms in total. The van der Waals surface area contributed by atoms with E-state index in [0.717, 1.165) is 36.4 Å². The predicted molar refractivity (Wildman–Crippen MR) is 109 cm³/mol. The minimum atomic E-state index is -0.403. The van der Waals surface area contributed by atoms with Crippen LogP contribution >= 0.6 is 0 Å². The Morgan fingerprint density at radius 3 is 2.48 bits per heavy atom. The van der Waals surface area contributed by atoms with E-state index >= 15 is 0 Å². The Kier molecular flexibility index (Phi) is 6.72. The lowest BCUT2D eigenvalue weighted by molar-refractivity contribution is -0.910. The molecule has 2 atom stereocenters. The van der Waals surface area contributed by atoms with Crippen molar-refractivity contribution in [2.24, 2.45) is 0 Å². The monoisotopic (exact) mass is 399 g/mol. The predicted octanol–water partition coefficient (Wildman–Crippen LogP) is 1.85. The lowest BCUT2D eigenvalue weighted by Crippen LogP contribution is -3.11. The summed E-state index contributed by atoms with van der Waals surface area (Å²) >= 11 is 0. The van der Waals surface area contributed by atoms with Crippen LogP contribution in [-0.4, -0.2) is 46.3 Å². The molecule has 3 rings (SSSR count). The molecule has 7 heteroatoms. The molecule has 1 fully saturated rings. The minimum Gasteiger partial charge on any atom is -0.497 e. The summed E-state index contributed by atoms with van der Waals surface area (Å²) in [5.41, 5.74) is 2.16.